The molecule has 2 aliphatic rings. The molecule has 6 aromatic rings. The van der Waals surface area contributed by atoms with Gasteiger partial charge in [0.2, 0.25) is 0 Å². The molecule has 2 fully saturated rings. The number of carbonyl (C=O) groups excluding carboxylic acids is 2. The first-order chi connectivity index (χ1) is 34.9. The molecule has 0 bridgehead atoms. The minimum Gasteiger partial charge on any atom is -0.495 e. The first-order valence-electron chi connectivity index (χ1n) is 22.5. The monoisotopic (exact) mass is 1080 g/mol. The summed E-state index contributed by atoms with van der Waals surface area (Å²) in [6, 6.07) is 31.1. The summed E-state index contributed by atoms with van der Waals surface area (Å²) in [4.78, 5) is 57.2. The highest BCUT2D eigenvalue weighted by Gasteiger charge is 2.32. The number of nitro groups is 3. The molecule has 26 heteroatoms. The summed E-state index contributed by atoms with van der Waals surface area (Å²) >= 11 is 2.16. The second-order valence-corrected chi connectivity index (χ2v) is 23.2. The molecule has 0 spiro atoms. The summed E-state index contributed by atoms with van der Waals surface area (Å²) in [5.74, 6) is -0.225. The van der Waals surface area contributed by atoms with Gasteiger partial charge in [0, 0.05) is 101 Å². The number of methoxy groups -OCH3 is 1. The van der Waals surface area contributed by atoms with Crippen LogP contribution in [-0.4, -0.2) is 97.4 Å². The molecule has 0 atom stereocenters. The van der Waals surface area contributed by atoms with E-state index in [4.69, 9.17) is 4.74 Å². The number of hydrogen-bond donors (Lipinski definition) is 4. The van der Waals surface area contributed by atoms with Gasteiger partial charge in [-0.1, -0.05) is 30.3 Å². The number of benzene rings is 4. The number of amides is 2. The molecule has 2 saturated heterocycles. The van der Waals surface area contributed by atoms with E-state index in [0.29, 0.717) is 67.3 Å². The van der Waals surface area contributed by atoms with Crippen molar-refractivity contribution in [3.05, 3.63) is 173 Å². The normalized spacial score (nSPS) is 14.8. The number of carbonyl (C=O) groups is 2. The number of para-hydroxylation sites is 2. The highest BCUT2D eigenvalue weighted by atomic mass is 32.3. The quantitative estimate of drug-likeness (QED) is 0.0475. The van der Waals surface area contributed by atoms with Crippen molar-refractivity contribution >= 4 is 83.0 Å². The minimum absolute atomic E-state index is 0.0141. The summed E-state index contributed by atoms with van der Waals surface area (Å²) in [6.07, 6.45) is 2.41. The number of nitrogens with one attached hydrogen (secondary N) is 4. The van der Waals surface area contributed by atoms with Crippen LogP contribution in [0.1, 0.15) is 56.2 Å². The van der Waals surface area contributed by atoms with Gasteiger partial charge in [0.25, 0.3) is 48.9 Å². The zero-order valence-electron chi connectivity index (χ0n) is 38.9. The lowest BCUT2D eigenvalue weighted by molar-refractivity contribution is -0.385. The molecular formula is C47H49N9O13S4. The molecule has 4 heterocycles. The summed E-state index contributed by atoms with van der Waals surface area (Å²) in [7, 11) is -5.74. The second-order valence-electron chi connectivity index (χ2n) is 16.6. The van der Waals surface area contributed by atoms with Crippen LogP contribution in [0.4, 0.5) is 28.4 Å². The third kappa shape index (κ3) is 13.8. The van der Waals surface area contributed by atoms with E-state index < -0.39 is 46.6 Å². The molecule has 22 nitrogen and oxygen atoms in total. The topological polar surface area (TPSA) is 296 Å². The Bertz CT molecular complexity index is 3210. The smallest absolute Gasteiger partial charge is 0.271 e. The van der Waals surface area contributed by atoms with Crippen molar-refractivity contribution in [2.24, 2.45) is 0 Å². The van der Waals surface area contributed by atoms with Gasteiger partial charge in [-0.15, -0.1) is 22.7 Å². The summed E-state index contributed by atoms with van der Waals surface area (Å²) in [6.45, 7) is 1.58. The molecule has 2 amide bonds. The number of sulfonamides is 2. The van der Waals surface area contributed by atoms with Gasteiger partial charge >= 0.3 is 0 Å². The number of thiophene rings is 2. The Morgan fingerprint density at radius 3 is 1.45 bits per heavy atom. The lowest BCUT2D eigenvalue weighted by Gasteiger charge is -2.32. The van der Waals surface area contributed by atoms with Gasteiger partial charge in [0.1, 0.15) is 14.2 Å². The van der Waals surface area contributed by atoms with E-state index in [1.54, 1.807) is 37.4 Å². The predicted molar refractivity (Wildman–Crippen MR) is 274 cm³/mol. The van der Waals surface area contributed by atoms with Gasteiger partial charge in [-0.25, -0.2) is 16.8 Å². The SMILES string of the molecule is COc1ccccc1NC1CCN(S(=O)(=O)c2ccc(CNC(=O)c3cccc([N+](=O)[O-])c3)s2)CC1.O=C(NCc1ccc(S(=O)(=O)N2CCC(Nc3cccc([N+](=O)[O-])c3)CC2)s1)c1cccc([N+](=O)[O-])c1. The first kappa shape index (κ1) is 53.4. The Labute approximate surface area is 427 Å². The lowest BCUT2D eigenvalue weighted by atomic mass is 10.1. The molecular weight excluding hydrogens is 1030 g/mol. The van der Waals surface area contributed by atoms with Gasteiger partial charge < -0.3 is 26.0 Å². The van der Waals surface area contributed by atoms with Crippen LogP contribution in [0.25, 0.3) is 0 Å². The maximum atomic E-state index is 13.2. The van der Waals surface area contributed by atoms with Crippen molar-refractivity contribution in [2.45, 2.75) is 59.3 Å². The van der Waals surface area contributed by atoms with Gasteiger partial charge in [-0.2, -0.15) is 8.61 Å². The Morgan fingerprint density at radius 1 is 0.575 bits per heavy atom. The fourth-order valence-electron chi connectivity index (χ4n) is 7.91. The number of nitrogens with zero attached hydrogens (tertiary/aromatic N) is 5. The van der Waals surface area contributed by atoms with Gasteiger partial charge in [-0.05, 0) is 80.3 Å². The van der Waals surface area contributed by atoms with E-state index in [1.165, 1.54) is 75.3 Å². The van der Waals surface area contributed by atoms with Gasteiger partial charge in [0.15, 0.2) is 0 Å². The van der Waals surface area contributed by atoms with Crippen LogP contribution in [0.5, 0.6) is 5.75 Å². The van der Waals surface area contributed by atoms with Gasteiger partial charge in [-0.3, -0.25) is 39.9 Å². The third-order valence-electron chi connectivity index (χ3n) is 11.7. The highest BCUT2D eigenvalue weighted by Crippen LogP contribution is 2.32. The fourth-order valence-corrected chi connectivity index (χ4v) is 13.7. The summed E-state index contributed by atoms with van der Waals surface area (Å²) in [5, 5.41) is 44.8. The molecule has 2 aromatic heterocycles. The Balaban J connectivity index is 0.000000214. The summed E-state index contributed by atoms with van der Waals surface area (Å²) < 4.78 is 61.3. The first-order valence-corrected chi connectivity index (χ1v) is 27.1. The zero-order valence-corrected chi connectivity index (χ0v) is 42.2. The molecule has 4 N–H and O–H groups in total. The van der Waals surface area contributed by atoms with E-state index in [-0.39, 0.29) is 61.8 Å². The van der Waals surface area contributed by atoms with Crippen LogP contribution in [0.2, 0.25) is 0 Å². The Kier molecular flexibility index (Phi) is 17.5. The molecule has 73 heavy (non-hydrogen) atoms. The van der Waals surface area contributed by atoms with E-state index in [1.807, 2.05) is 24.3 Å². The molecule has 384 valence electrons. The minimum atomic E-state index is -3.71. The largest absolute Gasteiger partial charge is 0.495 e. The van der Waals surface area contributed by atoms with E-state index >= 15 is 0 Å². The van der Waals surface area contributed by atoms with Crippen LogP contribution in [0, 0.1) is 30.3 Å². The number of nitro benzene ring substituents is 3. The highest BCUT2D eigenvalue weighted by molar-refractivity contribution is 7.91. The Morgan fingerprint density at radius 2 is 1.00 bits per heavy atom. The second kappa shape index (κ2) is 23.9. The van der Waals surface area contributed by atoms with Crippen LogP contribution < -0.4 is 26.0 Å². The number of rotatable bonds is 18. The maximum Gasteiger partial charge on any atom is 0.271 e. The van der Waals surface area contributed by atoms with Crippen LogP contribution in [-0.2, 0) is 33.1 Å². The fraction of sp³-hybridized carbons (Fsp3) is 0.277. The number of non-ortho nitro benzene ring substituents is 3. The number of piperidine rings is 2. The van der Waals surface area contributed by atoms with Crippen molar-refractivity contribution in [2.75, 3.05) is 43.9 Å². The molecule has 4 aromatic carbocycles. The van der Waals surface area contributed by atoms with Crippen LogP contribution >= 0.6 is 22.7 Å². The molecule has 0 saturated carbocycles. The number of hydrogen-bond acceptors (Lipinski definition) is 17. The van der Waals surface area contributed by atoms with E-state index in [2.05, 4.69) is 21.3 Å². The standard InChI is InChI=1S/C24H26N4O6S2.C23H23N5O7S2/c1-34-22-8-3-2-7-21(22)26-18-11-13-27(14-12-18)36(32,33)23-10-9-20(35-23)16-25-24(29)17-5-4-6-19(15-17)28(30)31;29-23(16-3-1-5-19(13-16)27(30)31)24-15-21-7-8-22(36-21)37(34,35)26-11-9-17(10-12-26)25-18-4-2-6-20(14-18)28(32)33/h2-10,15,18,26H,11-14,16H2,1H3,(H,25,29);1-8,13-14,17,25H,9-12,15H2,(H,24,29). The number of anilines is 2. The average molecular weight is 1080 g/mol. The maximum absolute atomic E-state index is 13.2. The Hall–Kier alpha value is -7.36. The summed E-state index contributed by atoms with van der Waals surface area (Å²) in [5.41, 5.74) is 1.43. The van der Waals surface area contributed by atoms with E-state index in [0.717, 1.165) is 34.1 Å². The van der Waals surface area contributed by atoms with Crippen molar-refractivity contribution in [1.82, 2.24) is 19.2 Å². The van der Waals surface area contributed by atoms with E-state index in [9.17, 15) is 56.8 Å². The average Bonchev–Trinajstić information content (AvgIpc) is 4.10. The van der Waals surface area contributed by atoms with Crippen LogP contribution in [0.3, 0.4) is 0 Å². The molecule has 2 aliphatic heterocycles. The molecule has 0 radical (unpaired) electrons. The van der Waals surface area contributed by atoms with Crippen LogP contribution in [0.15, 0.2) is 130 Å². The van der Waals surface area contributed by atoms with Crippen molar-refractivity contribution in [1.29, 1.82) is 0 Å². The molecule has 0 unspecified atom stereocenters. The van der Waals surface area contributed by atoms with Crippen molar-refractivity contribution < 1.29 is 45.9 Å². The number of ether oxygens (including phenoxy) is 1. The van der Waals surface area contributed by atoms with Gasteiger partial charge in [0.05, 0.1) is 40.7 Å². The van der Waals surface area contributed by atoms with Crippen molar-refractivity contribution in [3.63, 3.8) is 0 Å². The lowest BCUT2D eigenvalue weighted by Crippen LogP contribution is -2.42. The zero-order chi connectivity index (χ0) is 52.3. The predicted octanol–water partition coefficient (Wildman–Crippen LogP) is 7.62. The van der Waals surface area contributed by atoms with Crippen molar-refractivity contribution in [3.8, 4) is 5.75 Å². The molecule has 8 rings (SSSR count). The molecule has 0 aliphatic carbocycles. The third-order valence-corrected chi connectivity index (χ3v) is 18.7.